The first-order valence-corrected chi connectivity index (χ1v) is 9.70. The summed E-state index contributed by atoms with van der Waals surface area (Å²) in [6.07, 6.45) is 8.90. The Kier molecular flexibility index (Phi) is 10.9. The molecule has 1 heterocycles. The van der Waals surface area contributed by atoms with E-state index in [9.17, 15) is 19.5 Å². The maximum atomic E-state index is 12.0. The third-order valence-electron chi connectivity index (χ3n) is 4.73. The third kappa shape index (κ3) is 9.13. The Labute approximate surface area is 155 Å². The van der Waals surface area contributed by atoms with Gasteiger partial charge >= 0.3 is 11.9 Å². The molecule has 1 aliphatic rings. The van der Waals surface area contributed by atoms with Crippen molar-refractivity contribution in [1.82, 2.24) is 0 Å². The molecule has 0 aromatic rings. The number of carbonyl (C=O) groups excluding carboxylic acids is 2. The highest BCUT2D eigenvalue weighted by molar-refractivity contribution is 5.78. The van der Waals surface area contributed by atoms with Crippen LogP contribution in [-0.4, -0.2) is 40.1 Å². The average molecular weight is 368 g/mol. The van der Waals surface area contributed by atoms with Gasteiger partial charge in [0.25, 0.3) is 0 Å². The van der Waals surface area contributed by atoms with E-state index in [0.717, 1.165) is 19.3 Å². The molecule has 0 aliphatic carbocycles. The molecule has 0 bridgehead atoms. The molecule has 0 aromatic carbocycles. The fourth-order valence-corrected chi connectivity index (χ4v) is 3.20. The van der Waals surface area contributed by atoms with Crippen LogP contribution in [0.4, 0.5) is 0 Å². The van der Waals surface area contributed by atoms with Crippen LogP contribution in [0, 0.1) is 5.92 Å². The number of ether oxygens (including phenoxy) is 1. The minimum Gasteiger partial charge on any atom is -0.481 e. The van der Waals surface area contributed by atoms with Gasteiger partial charge in [-0.25, -0.2) is 0 Å². The van der Waals surface area contributed by atoms with Crippen LogP contribution in [0.25, 0.3) is 0 Å². The second-order valence-corrected chi connectivity index (χ2v) is 6.99. The van der Waals surface area contributed by atoms with Crippen molar-refractivity contribution < 1.29 is 29.3 Å². The monoisotopic (exact) mass is 368 g/mol. The second-order valence-electron chi connectivity index (χ2n) is 6.99. The van der Waals surface area contributed by atoms with Crippen molar-refractivity contribution in [2.45, 2.75) is 89.8 Å². The number of rotatable bonds is 13. The zero-order valence-electron chi connectivity index (χ0n) is 15.7. The zero-order chi connectivity index (χ0) is 19.4. The summed E-state index contributed by atoms with van der Waals surface area (Å²) in [5.74, 6) is -1.26. The molecule has 0 amide bonds. The highest BCUT2D eigenvalue weighted by Gasteiger charge is 2.36. The summed E-state index contributed by atoms with van der Waals surface area (Å²) < 4.78 is 5.39. The highest BCUT2D eigenvalue weighted by Crippen LogP contribution is 2.29. The van der Waals surface area contributed by atoms with Gasteiger partial charge in [0, 0.05) is 25.2 Å². The number of hydrogen-bond acceptors (Lipinski definition) is 5. The molecule has 148 valence electrons. The Bertz CT molecular complexity index is 485. The minimum atomic E-state index is -0.809. The number of carboxylic acid groups (broad SMARTS) is 1. The molecule has 0 unspecified atom stereocenters. The van der Waals surface area contributed by atoms with E-state index in [1.54, 1.807) is 0 Å². The van der Waals surface area contributed by atoms with E-state index in [2.05, 4.69) is 6.92 Å². The molecular weight excluding hydrogens is 336 g/mol. The SMILES string of the molecule is CCCCCC(=O)CC[C@H]1OC(=O)C[C@H](O)[C@@H]1C/C=C\CCCC(=O)O. The molecule has 1 aliphatic heterocycles. The summed E-state index contributed by atoms with van der Waals surface area (Å²) in [5, 5.41) is 18.8. The fraction of sp³-hybridized carbons (Fsp3) is 0.750. The number of unbranched alkanes of at least 4 members (excludes halogenated alkanes) is 3. The number of aliphatic hydroxyl groups is 1. The lowest BCUT2D eigenvalue weighted by molar-refractivity contribution is -0.169. The number of aliphatic carboxylic acids is 1. The highest BCUT2D eigenvalue weighted by atomic mass is 16.5. The van der Waals surface area contributed by atoms with Crippen LogP contribution in [-0.2, 0) is 19.1 Å². The number of aliphatic hydroxyl groups excluding tert-OH is 1. The molecule has 0 saturated carbocycles. The van der Waals surface area contributed by atoms with Crippen molar-refractivity contribution in [3.8, 4) is 0 Å². The van der Waals surface area contributed by atoms with Gasteiger partial charge in [0.2, 0.25) is 0 Å². The molecule has 0 spiro atoms. The lowest BCUT2D eigenvalue weighted by Crippen LogP contribution is -2.42. The molecule has 1 rings (SSSR count). The molecule has 2 N–H and O–H groups in total. The van der Waals surface area contributed by atoms with Crippen LogP contribution in [0.1, 0.15) is 77.6 Å². The third-order valence-corrected chi connectivity index (χ3v) is 4.73. The Morgan fingerprint density at radius 1 is 1.15 bits per heavy atom. The van der Waals surface area contributed by atoms with Gasteiger partial charge < -0.3 is 14.9 Å². The van der Waals surface area contributed by atoms with Gasteiger partial charge in [0.15, 0.2) is 0 Å². The van der Waals surface area contributed by atoms with Crippen molar-refractivity contribution in [2.24, 2.45) is 5.92 Å². The van der Waals surface area contributed by atoms with Crippen LogP contribution in [0.15, 0.2) is 12.2 Å². The molecule has 6 heteroatoms. The van der Waals surface area contributed by atoms with Crippen molar-refractivity contribution in [3.63, 3.8) is 0 Å². The average Bonchev–Trinajstić information content (AvgIpc) is 2.57. The standard InChI is InChI=1S/C20H32O6/c1-2-3-6-9-15(21)12-13-18-16(17(22)14-20(25)26-18)10-7-4-5-8-11-19(23)24/h4,7,16-18,22H,2-3,5-6,8-14H2,1H3,(H,23,24)/b7-4-/t16-,17-,18+/m0/s1. The predicted octanol–water partition coefficient (Wildman–Crippen LogP) is 3.41. The summed E-state index contributed by atoms with van der Waals surface area (Å²) in [5.41, 5.74) is 0. The maximum Gasteiger partial charge on any atom is 0.308 e. The molecule has 0 aromatic heterocycles. The van der Waals surface area contributed by atoms with Gasteiger partial charge in [-0.05, 0) is 32.1 Å². The summed E-state index contributed by atoms with van der Waals surface area (Å²) >= 11 is 0. The molecule has 3 atom stereocenters. The van der Waals surface area contributed by atoms with E-state index in [1.165, 1.54) is 0 Å². The Hall–Kier alpha value is -1.69. The minimum absolute atomic E-state index is 0.0154. The number of esters is 1. The van der Waals surface area contributed by atoms with Crippen LogP contribution in [0.5, 0.6) is 0 Å². The maximum absolute atomic E-state index is 12.0. The quantitative estimate of drug-likeness (QED) is 0.293. The second kappa shape index (κ2) is 12.6. The van der Waals surface area contributed by atoms with E-state index < -0.39 is 24.1 Å². The lowest BCUT2D eigenvalue weighted by Gasteiger charge is -2.34. The summed E-state index contributed by atoms with van der Waals surface area (Å²) in [7, 11) is 0. The zero-order valence-corrected chi connectivity index (χ0v) is 15.7. The fourth-order valence-electron chi connectivity index (χ4n) is 3.20. The number of allylic oxidation sites excluding steroid dienone is 2. The van der Waals surface area contributed by atoms with Gasteiger partial charge in [-0.1, -0.05) is 31.9 Å². The molecule has 26 heavy (non-hydrogen) atoms. The van der Waals surface area contributed by atoms with Crippen LogP contribution < -0.4 is 0 Å². The largest absolute Gasteiger partial charge is 0.481 e. The van der Waals surface area contributed by atoms with E-state index in [1.807, 2.05) is 12.2 Å². The molecular formula is C20H32O6. The number of hydrogen-bond donors (Lipinski definition) is 2. The number of Topliss-reactive ketones (excluding diaryl/α,β-unsaturated/α-hetero) is 1. The van der Waals surface area contributed by atoms with E-state index >= 15 is 0 Å². The number of carbonyl (C=O) groups is 3. The van der Waals surface area contributed by atoms with Gasteiger partial charge in [0.05, 0.1) is 12.5 Å². The lowest BCUT2D eigenvalue weighted by atomic mass is 9.85. The summed E-state index contributed by atoms with van der Waals surface area (Å²) in [6, 6.07) is 0. The van der Waals surface area contributed by atoms with Crippen molar-refractivity contribution >= 4 is 17.7 Å². The first-order chi connectivity index (χ1) is 12.4. The van der Waals surface area contributed by atoms with Crippen molar-refractivity contribution in [3.05, 3.63) is 12.2 Å². The van der Waals surface area contributed by atoms with E-state index in [-0.39, 0.29) is 24.5 Å². The van der Waals surface area contributed by atoms with Crippen molar-refractivity contribution in [2.75, 3.05) is 0 Å². The molecule has 1 saturated heterocycles. The number of carboxylic acids is 1. The van der Waals surface area contributed by atoms with E-state index in [4.69, 9.17) is 9.84 Å². The van der Waals surface area contributed by atoms with Crippen LogP contribution >= 0.6 is 0 Å². The van der Waals surface area contributed by atoms with E-state index in [0.29, 0.717) is 38.5 Å². The number of ketones is 1. The first kappa shape index (κ1) is 22.4. The van der Waals surface area contributed by atoms with Gasteiger partial charge in [0.1, 0.15) is 11.9 Å². The van der Waals surface area contributed by atoms with Crippen molar-refractivity contribution in [1.29, 1.82) is 0 Å². The Balaban J connectivity index is 2.45. The van der Waals surface area contributed by atoms with Gasteiger partial charge in [-0.15, -0.1) is 0 Å². The van der Waals surface area contributed by atoms with Gasteiger partial charge in [-0.3, -0.25) is 14.4 Å². The topological polar surface area (TPSA) is 101 Å². The van der Waals surface area contributed by atoms with Crippen LogP contribution in [0.3, 0.4) is 0 Å². The predicted molar refractivity (Wildman–Crippen MR) is 97.6 cm³/mol. The molecule has 0 radical (unpaired) electrons. The summed E-state index contributed by atoms with van der Waals surface area (Å²) in [6.45, 7) is 2.09. The molecule has 6 nitrogen and oxygen atoms in total. The smallest absolute Gasteiger partial charge is 0.308 e. The first-order valence-electron chi connectivity index (χ1n) is 9.70. The van der Waals surface area contributed by atoms with Gasteiger partial charge in [-0.2, -0.15) is 0 Å². The Morgan fingerprint density at radius 2 is 1.92 bits per heavy atom. The Morgan fingerprint density at radius 3 is 2.62 bits per heavy atom. The summed E-state index contributed by atoms with van der Waals surface area (Å²) in [4.78, 5) is 34.0. The normalized spacial score (nSPS) is 23.2. The molecule has 1 fully saturated rings. The number of cyclic esters (lactones) is 1. The van der Waals surface area contributed by atoms with Crippen LogP contribution in [0.2, 0.25) is 0 Å².